The summed E-state index contributed by atoms with van der Waals surface area (Å²) in [6, 6.07) is 4.01. The van der Waals surface area contributed by atoms with E-state index in [0.717, 1.165) is 0 Å². The Labute approximate surface area is 126 Å². The average molecular weight is 317 g/mol. The fourth-order valence-electron chi connectivity index (χ4n) is 1.76. The summed E-state index contributed by atoms with van der Waals surface area (Å²) in [5.74, 6) is -1.01. The van der Waals surface area contributed by atoms with Crippen LogP contribution in [0.15, 0.2) is 18.2 Å². The zero-order valence-corrected chi connectivity index (χ0v) is 12.3. The number of hydrogen-bond acceptors (Lipinski definition) is 5. The Hall–Kier alpha value is -1.86. The minimum absolute atomic E-state index is 0.0574. The Morgan fingerprint density at radius 3 is 2.76 bits per heavy atom. The molecule has 0 aliphatic rings. The van der Waals surface area contributed by atoms with Crippen molar-refractivity contribution in [2.75, 3.05) is 6.61 Å². The van der Waals surface area contributed by atoms with Crippen LogP contribution in [0.3, 0.4) is 0 Å². The zero-order chi connectivity index (χ0) is 16.0. The van der Waals surface area contributed by atoms with Crippen molar-refractivity contribution in [2.45, 2.75) is 31.7 Å². The first-order valence-electron chi connectivity index (χ1n) is 6.39. The van der Waals surface area contributed by atoms with Crippen molar-refractivity contribution in [3.05, 3.63) is 33.3 Å². The molecule has 0 aromatic heterocycles. The van der Waals surface area contributed by atoms with E-state index in [-0.39, 0.29) is 24.5 Å². The van der Waals surface area contributed by atoms with Gasteiger partial charge in [0.15, 0.2) is 5.75 Å². The van der Waals surface area contributed by atoms with Gasteiger partial charge in [-0.2, -0.15) is 0 Å². The Morgan fingerprint density at radius 1 is 1.57 bits per heavy atom. The van der Waals surface area contributed by atoms with Gasteiger partial charge in [0.05, 0.1) is 11.5 Å². The third kappa shape index (κ3) is 4.57. The van der Waals surface area contributed by atoms with Crippen LogP contribution >= 0.6 is 11.6 Å². The molecule has 0 heterocycles. The second kappa shape index (κ2) is 7.24. The number of halogens is 1. The lowest BCUT2D eigenvalue weighted by atomic mass is 9.92. The number of nitrogens with two attached hydrogens (primary N) is 1. The molecule has 116 valence electrons. The highest BCUT2D eigenvalue weighted by atomic mass is 35.5. The summed E-state index contributed by atoms with van der Waals surface area (Å²) in [7, 11) is 0. The molecule has 0 spiro atoms. The predicted molar refractivity (Wildman–Crippen MR) is 77.7 cm³/mol. The lowest BCUT2D eigenvalue weighted by molar-refractivity contribution is -0.385. The van der Waals surface area contributed by atoms with Crippen LogP contribution in [0.1, 0.15) is 26.2 Å². The van der Waals surface area contributed by atoms with Crippen LogP contribution in [-0.2, 0) is 4.79 Å². The van der Waals surface area contributed by atoms with Crippen molar-refractivity contribution in [1.82, 2.24) is 0 Å². The maximum Gasteiger partial charge on any atom is 0.323 e. The number of carboxylic acid groups (broad SMARTS) is 1. The second-order valence-corrected chi connectivity index (χ2v) is 5.07. The number of benzene rings is 1. The van der Waals surface area contributed by atoms with Gasteiger partial charge in [-0.25, -0.2) is 0 Å². The van der Waals surface area contributed by atoms with Gasteiger partial charge in [0.1, 0.15) is 5.54 Å². The Kier molecular flexibility index (Phi) is 5.92. The molecular weight excluding hydrogens is 300 g/mol. The molecule has 0 saturated heterocycles. The fourth-order valence-corrected chi connectivity index (χ4v) is 1.92. The monoisotopic (exact) mass is 316 g/mol. The summed E-state index contributed by atoms with van der Waals surface area (Å²) < 4.78 is 5.32. The Morgan fingerprint density at radius 2 is 2.24 bits per heavy atom. The third-order valence-electron chi connectivity index (χ3n) is 3.20. The van der Waals surface area contributed by atoms with Gasteiger partial charge in [-0.1, -0.05) is 18.5 Å². The van der Waals surface area contributed by atoms with E-state index in [4.69, 9.17) is 27.2 Å². The molecule has 0 radical (unpaired) electrons. The Bertz CT molecular complexity index is 537. The number of hydrogen-bond donors (Lipinski definition) is 2. The van der Waals surface area contributed by atoms with Gasteiger partial charge in [0.2, 0.25) is 0 Å². The summed E-state index contributed by atoms with van der Waals surface area (Å²) in [6.07, 6.45) is 0.868. The minimum Gasteiger partial charge on any atom is -0.487 e. The van der Waals surface area contributed by atoms with Crippen LogP contribution in [-0.4, -0.2) is 28.1 Å². The standard InChI is InChI=1S/C13H17ClN2O5/c1-2-13(15,12(17)18)6-3-7-21-11-8-9(14)4-5-10(11)16(19)20/h4-5,8H,2-3,6-7,15H2,1H3,(H,17,18). The quantitative estimate of drug-likeness (QED) is 0.432. The van der Waals surface area contributed by atoms with Gasteiger partial charge in [-0.15, -0.1) is 0 Å². The molecule has 1 aromatic carbocycles. The molecule has 0 bridgehead atoms. The second-order valence-electron chi connectivity index (χ2n) is 4.64. The van der Waals surface area contributed by atoms with E-state index < -0.39 is 16.4 Å². The van der Waals surface area contributed by atoms with Crippen molar-refractivity contribution < 1.29 is 19.6 Å². The number of carboxylic acids is 1. The zero-order valence-electron chi connectivity index (χ0n) is 11.5. The molecule has 0 aliphatic carbocycles. The van der Waals surface area contributed by atoms with Crippen LogP contribution in [0.2, 0.25) is 5.02 Å². The highest BCUT2D eigenvalue weighted by Crippen LogP contribution is 2.30. The van der Waals surface area contributed by atoms with E-state index in [1.54, 1.807) is 6.92 Å². The van der Waals surface area contributed by atoms with Crippen molar-refractivity contribution in [1.29, 1.82) is 0 Å². The summed E-state index contributed by atoms with van der Waals surface area (Å²) in [4.78, 5) is 21.3. The van der Waals surface area contributed by atoms with Crippen LogP contribution in [0, 0.1) is 10.1 Å². The molecule has 0 saturated carbocycles. The van der Waals surface area contributed by atoms with Crippen LogP contribution < -0.4 is 10.5 Å². The number of nitro groups is 1. The molecule has 1 aromatic rings. The van der Waals surface area contributed by atoms with Crippen LogP contribution in [0.4, 0.5) is 5.69 Å². The number of aliphatic carboxylic acids is 1. The van der Waals surface area contributed by atoms with Crippen LogP contribution in [0.5, 0.6) is 5.75 Å². The number of ether oxygens (including phenoxy) is 1. The molecule has 1 atom stereocenters. The van der Waals surface area contributed by atoms with Gasteiger partial charge in [-0.3, -0.25) is 14.9 Å². The lowest BCUT2D eigenvalue weighted by Crippen LogP contribution is -2.47. The van der Waals surface area contributed by atoms with Gasteiger partial charge >= 0.3 is 11.7 Å². The maximum atomic E-state index is 11.0. The molecule has 0 aliphatic heterocycles. The summed E-state index contributed by atoms with van der Waals surface area (Å²) in [5.41, 5.74) is 4.25. The SMILES string of the molecule is CCC(N)(CCCOc1cc(Cl)ccc1[N+](=O)[O-])C(=O)O. The van der Waals surface area contributed by atoms with E-state index in [1.165, 1.54) is 18.2 Å². The molecule has 3 N–H and O–H groups in total. The molecular formula is C13H17ClN2O5. The molecule has 0 amide bonds. The molecule has 0 fully saturated rings. The first-order chi connectivity index (χ1) is 9.80. The largest absolute Gasteiger partial charge is 0.487 e. The average Bonchev–Trinajstić information content (AvgIpc) is 2.42. The number of nitrogens with zero attached hydrogens (tertiary/aromatic N) is 1. The predicted octanol–water partition coefficient (Wildman–Crippen LogP) is 2.60. The van der Waals surface area contributed by atoms with E-state index in [1.807, 2.05) is 0 Å². The van der Waals surface area contributed by atoms with Gasteiger partial charge in [0, 0.05) is 17.2 Å². The maximum absolute atomic E-state index is 11.0. The van der Waals surface area contributed by atoms with Gasteiger partial charge in [-0.05, 0) is 25.3 Å². The van der Waals surface area contributed by atoms with Crippen molar-refractivity contribution in [2.24, 2.45) is 5.73 Å². The summed E-state index contributed by atoms with van der Waals surface area (Å²) in [5, 5.41) is 20.2. The molecule has 21 heavy (non-hydrogen) atoms. The minimum atomic E-state index is -1.30. The first-order valence-corrected chi connectivity index (χ1v) is 6.77. The topological polar surface area (TPSA) is 116 Å². The van der Waals surface area contributed by atoms with E-state index in [9.17, 15) is 14.9 Å². The molecule has 1 unspecified atom stereocenters. The lowest BCUT2D eigenvalue weighted by Gasteiger charge is -2.22. The van der Waals surface area contributed by atoms with Gasteiger partial charge in [0.25, 0.3) is 0 Å². The molecule has 8 heteroatoms. The first kappa shape index (κ1) is 17.2. The van der Waals surface area contributed by atoms with E-state index in [2.05, 4.69) is 0 Å². The molecule has 7 nitrogen and oxygen atoms in total. The number of carbonyl (C=O) groups is 1. The summed E-state index contributed by atoms with van der Waals surface area (Å²) in [6.45, 7) is 1.81. The number of rotatable bonds is 8. The highest BCUT2D eigenvalue weighted by molar-refractivity contribution is 6.30. The smallest absolute Gasteiger partial charge is 0.323 e. The van der Waals surface area contributed by atoms with Crippen molar-refractivity contribution in [3.63, 3.8) is 0 Å². The van der Waals surface area contributed by atoms with Gasteiger partial charge < -0.3 is 15.6 Å². The van der Waals surface area contributed by atoms with Crippen molar-refractivity contribution in [3.8, 4) is 5.75 Å². The Balaban J connectivity index is 2.63. The highest BCUT2D eigenvalue weighted by Gasteiger charge is 2.31. The normalized spacial score (nSPS) is 13.5. The van der Waals surface area contributed by atoms with Crippen LogP contribution in [0.25, 0.3) is 0 Å². The van der Waals surface area contributed by atoms with E-state index >= 15 is 0 Å². The molecule has 1 rings (SSSR count). The summed E-state index contributed by atoms with van der Waals surface area (Å²) >= 11 is 5.77. The number of nitro benzene ring substituents is 1. The third-order valence-corrected chi connectivity index (χ3v) is 3.44. The van der Waals surface area contributed by atoms with E-state index in [0.29, 0.717) is 17.9 Å². The fraction of sp³-hybridized carbons (Fsp3) is 0.462. The van der Waals surface area contributed by atoms with Crippen molar-refractivity contribution >= 4 is 23.3 Å².